The van der Waals surface area contributed by atoms with Crippen LogP contribution in [0.25, 0.3) is 0 Å². The molecule has 0 radical (unpaired) electrons. The molecular formula is C30H30F4N2O2Ti. The van der Waals surface area contributed by atoms with Crippen LogP contribution >= 0.6 is 0 Å². The zero-order valence-corrected chi connectivity index (χ0v) is 23.7. The normalized spacial score (nSPS) is 11.9. The van der Waals surface area contributed by atoms with E-state index in [0.717, 1.165) is 25.0 Å². The molecule has 2 N–H and O–H groups in total. The quantitative estimate of drug-likeness (QED) is 0.228. The van der Waals surface area contributed by atoms with E-state index in [1.165, 1.54) is 12.1 Å². The molecule has 9 heteroatoms. The zero-order valence-electron chi connectivity index (χ0n) is 22.2. The fourth-order valence-electron chi connectivity index (χ4n) is 2.31. The minimum Gasteiger partial charge on any atom is -0.377 e. The van der Waals surface area contributed by atoms with Gasteiger partial charge in [0.2, 0.25) is 11.8 Å². The minimum absolute atomic E-state index is 0. The van der Waals surface area contributed by atoms with Crippen LogP contribution in [0, 0.1) is 59.4 Å². The van der Waals surface area contributed by atoms with Crippen molar-refractivity contribution in [2.75, 3.05) is 10.6 Å². The Morgan fingerprint density at radius 3 is 1.26 bits per heavy atom. The monoisotopic (exact) mass is 574 g/mol. The molecule has 2 aromatic rings. The van der Waals surface area contributed by atoms with Crippen LogP contribution in [0.2, 0.25) is 0 Å². The van der Waals surface area contributed by atoms with Gasteiger partial charge in [0.25, 0.3) is 0 Å². The van der Waals surface area contributed by atoms with Gasteiger partial charge in [0, 0.05) is 35.1 Å². The number of hydrogen-bond acceptors (Lipinski definition) is 2. The first-order chi connectivity index (χ1) is 18.0. The molecule has 0 aliphatic heterocycles. The molecule has 2 amide bonds. The van der Waals surface area contributed by atoms with Crippen LogP contribution in [0.4, 0.5) is 28.9 Å². The van der Waals surface area contributed by atoms with E-state index in [1.807, 2.05) is 36.4 Å². The molecule has 4 nitrogen and oxygen atoms in total. The number of carbonyl (C=O) groups is 2. The van der Waals surface area contributed by atoms with Gasteiger partial charge in [0.05, 0.1) is 0 Å². The van der Waals surface area contributed by atoms with Crippen LogP contribution in [0.1, 0.15) is 40.5 Å². The number of rotatable bonds is 4. The predicted molar refractivity (Wildman–Crippen MR) is 140 cm³/mol. The van der Waals surface area contributed by atoms with E-state index in [0.29, 0.717) is 0 Å². The van der Waals surface area contributed by atoms with Gasteiger partial charge in [0.15, 0.2) is 0 Å². The number of benzene rings is 2. The maximum atomic E-state index is 13.0. The molecule has 2 aromatic carbocycles. The summed E-state index contributed by atoms with van der Waals surface area (Å²) in [5.74, 6) is -4.49. The minimum atomic E-state index is -0.890. The Morgan fingerprint density at radius 2 is 1.05 bits per heavy atom. The van der Waals surface area contributed by atoms with E-state index in [1.54, 1.807) is 27.7 Å². The first-order valence-corrected chi connectivity index (χ1v) is 11.8. The Labute approximate surface area is 242 Å². The molecule has 2 aliphatic carbocycles. The van der Waals surface area contributed by atoms with E-state index in [4.69, 9.17) is 0 Å². The number of carbonyl (C=O) groups excluding carboxylic acids is 2. The van der Waals surface area contributed by atoms with Crippen molar-refractivity contribution in [1.29, 1.82) is 0 Å². The number of nitrogens with one attached hydrogen (secondary N) is 2. The third-order valence-corrected chi connectivity index (χ3v) is 4.46. The standard InChI is InChI=1S/2C10H10F2NO.2C5H5.Ti/c2*1-6(2)10(14)13-9-4-3-7(11)5-8(9)12;2*1-2-4-5-3-1;/h2*3-4,6H,1-2H3,(H,13,14);2*1-3H,4H2;/q4*-1;+4. The Hall–Kier alpha value is -3.23. The van der Waals surface area contributed by atoms with E-state index < -0.39 is 23.3 Å². The van der Waals surface area contributed by atoms with Crippen molar-refractivity contribution in [3.05, 3.63) is 108 Å². The van der Waals surface area contributed by atoms with Gasteiger partial charge in [-0.2, -0.15) is 12.2 Å². The first kappa shape index (κ1) is 35.8. The molecule has 39 heavy (non-hydrogen) atoms. The van der Waals surface area contributed by atoms with Crippen LogP contribution in [-0.4, -0.2) is 11.8 Å². The van der Waals surface area contributed by atoms with Gasteiger partial charge >= 0.3 is 21.7 Å². The van der Waals surface area contributed by atoms with Crippen molar-refractivity contribution in [2.24, 2.45) is 11.8 Å². The van der Waals surface area contributed by atoms with Crippen molar-refractivity contribution < 1.29 is 48.9 Å². The van der Waals surface area contributed by atoms with Crippen LogP contribution in [-0.2, 0) is 31.3 Å². The van der Waals surface area contributed by atoms with E-state index in [9.17, 15) is 27.2 Å². The molecule has 204 valence electrons. The summed E-state index contributed by atoms with van der Waals surface area (Å²) in [5, 5.41) is 4.65. The second-order valence-corrected chi connectivity index (χ2v) is 8.36. The average Bonchev–Trinajstić information content (AvgIpc) is 3.62. The summed E-state index contributed by atoms with van der Waals surface area (Å²) in [6.45, 7) is 6.72. The summed E-state index contributed by atoms with van der Waals surface area (Å²) in [7, 11) is 0. The molecule has 2 aliphatic rings. The van der Waals surface area contributed by atoms with Gasteiger partial charge in [-0.1, -0.05) is 27.7 Å². The van der Waals surface area contributed by atoms with Gasteiger partial charge in [-0.25, -0.2) is 41.9 Å². The fraction of sp³-hybridized carbons (Fsp3) is 0.267. The van der Waals surface area contributed by atoms with Crippen LogP contribution in [0.3, 0.4) is 0 Å². The fourth-order valence-corrected chi connectivity index (χ4v) is 2.31. The summed E-state index contributed by atoms with van der Waals surface area (Å²) in [6, 6.07) is 8.09. The van der Waals surface area contributed by atoms with Gasteiger partial charge in [-0.15, -0.1) is 49.2 Å². The van der Waals surface area contributed by atoms with E-state index in [-0.39, 0.29) is 56.7 Å². The summed E-state index contributed by atoms with van der Waals surface area (Å²) in [4.78, 5) is 22.3. The average molecular weight is 574 g/mol. The molecule has 0 atom stereocenters. The van der Waals surface area contributed by atoms with E-state index >= 15 is 0 Å². The third kappa shape index (κ3) is 15.7. The number of allylic oxidation sites excluding steroid dienone is 8. The maximum Gasteiger partial charge on any atom is 4.00 e. The Bertz CT molecular complexity index is 1060. The number of hydrogen-bond donors (Lipinski definition) is 2. The van der Waals surface area contributed by atoms with Gasteiger partial charge in [-0.3, -0.25) is 21.7 Å². The van der Waals surface area contributed by atoms with Crippen LogP contribution < -0.4 is 10.6 Å². The summed E-state index contributed by atoms with van der Waals surface area (Å²) in [6.07, 6.45) is 20.0. The van der Waals surface area contributed by atoms with Crippen LogP contribution in [0.5, 0.6) is 0 Å². The predicted octanol–water partition coefficient (Wildman–Crippen LogP) is 7.33. The van der Waals surface area contributed by atoms with Gasteiger partial charge in [-0.05, 0) is 11.4 Å². The van der Waals surface area contributed by atoms with Crippen LogP contribution in [0.15, 0.2) is 60.7 Å². The number of anilines is 2. The summed E-state index contributed by atoms with van der Waals surface area (Å²) < 4.78 is 50.8. The van der Waals surface area contributed by atoms with Crippen molar-refractivity contribution in [2.45, 2.75) is 40.5 Å². The molecule has 0 bridgehead atoms. The second kappa shape index (κ2) is 19.8. The molecule has 0 saturated carbocycles. The Kier molecular flexibility index (Phi) is 18.2. The Balaban J connectivity index is 0.000000537. The summed E-state index contributed by atoms with van der Waals surface area (Å²) >= 11 is 0. The smallest absolute Gasteiger partial charge is 0.377 e. The van der Waals surface area contributed by atoms with Crippen molar-refractivity contribution in [3.8, 4) is 0 Å². The second-order valence-electron chi connectivity index (χ2n) is 8.36. The Morgan fingerprint density at radius 1 is 0.692 bits per heavy atom. The first-order valence-electron chi connectivity index (χ1n) is 11.8. The zero-order chi connectivity index (χ0) is 28.5. The summed E-state index contributed by atoms with van der Waals surface area (Å²) in [5.41, 5.74) is -0.102. The molecule has 0 spiro atoms. The number of amides is 2. The van der Waals surface area contributed by atoms with Crippen molar-refractivity contribution in [1.82, 2.24) is 0 Å². The number of halogens is 4. The van der Waals surface area contributed by atoms with Gasteiger partial charge in [0.1, 0.15) is 0 Å². The maximum absolute atomic E-state index is 13.0. The SMILES string of the molecule is CC(C)C(=O)Nc1ccc(F)[c-]c1F.CC(C)C(=O)Nc1ccc(F)[c-]c1F.[C-]1=CC=CC1.[C-]1=CC=CC1.[Ti+4]. The van der Waals surface area contributed by atoms with E-state index in [2.05, 4.69) is 34.9 Å². The molecule has 0 fully saturated rings. The van der Waals surface area contributed by atoms with Crippen molar-refractivity contribution in [3.63, 3.8) is 0 Å². The molecule has 0 aromatic heterocycles. The molecule has 0 heterocycles. The molecule has 4 rings (SSSR count). The topological polar surface area (TPSA) is 58.2 Å². The molecule has 0 saturated heterocycles. The molecular weight excluding hydrogens is 544 g/mol. The molecule has 0 unspecified atom stereocenters. The van der Waals surface area contributed by atoms with Gasteiger partial charge < -0.3 is 10.6 Å². The van der Waals surface area contributed by atoms with Crippen molar-refractivity contribution >= 4 is 23.2 Å². The largest absolute Gasteiger partial charge is 4.00 e. The third-order valence-electron chi connectivity index (χ3n) is 4.46.